The van der Waals surface area contributed by atoms with Gasteiger partial charge in [0.1, 0.15) is 12.4 Å². The molecule has 1 heterocycles. The molecule has 0 unspecified atom stereocenters. The molecule has 0 saturated carbocycles. The van der Waals surface area contributed by atoms with Gasteiger partial charge in [-0.2, -0.15) is 18.4 Å². The minimum absolute atomic E-state index is 0.0328. The van der Waals surface area contributed by atoms with Crippen LogP contribution in [0.5, 0.6) is 5.75 Å². The van der Waals surface area contributed by atoms with Gasteiger partial charge in [-0.15, -0.1) is 0 Å². The van der Waals surface area contributed by atoms with Gasteiger partial charge in [0, 0.05) is 5.56 Å². The summed E-state index contributed by atoms with van der Waals surface area (Å²) < 4.78 is 96.8. The summed E-state index contributed by atoms with van der Waals surface area (Å²) in [6.45, 7) is 1.25. The topological polar surface area (TPSA) is 134 Å². The lowest BCUT2D eigenvalue weighted by Gasteiger charge is -2.31. The summed E-state index contributed by atoms with van der Waals surface area (Å²) in [5.41, 5.74) is -0.475. The zero-order valence-electron chi connectivity index (χ0n) is 21.6. The predicted molar refractivity (Wildman–Crippen MR) is 143 cm³/mol. The number of alkyl halides is 3. The number of carbonyl (C=O) groups is 1. The van der Waals surface area contributed by atoms with Gasteiger partial charge >= 0.3 is 6.18 Å². The van der Waals surface area contributed by atoms with Crippen LogP contribution in [-0.4, -0.2) is 41.6 Å². The largest absolute Gasteiger partial charge is 0.489 e. The van der Waals surface area contributed by atoms with Crippen molar-refractivity contribution >= 4 is 31.5 Å². The van der Waals surface area contributed by atoms with Crippen molar-refractivity contribution in [2.45, 2.75) is 35.4 Å². The molecular weight excluding hydrogens is 583 g/mol. The molecule has 1 atom stereocenters. The molecule has 1 amide bonds. The fraction of sp³-hybridized carbons (Fsp3) is 0.259. The summed E-state index contributed by atoms with van der Waals surface area (Å²) >= 11 is 0. The Bertz CT molecular complexity index is 1720. The minimum atomic E-state index is -4.73. The number of ether oxygens (including phenoxy) is 1. The number of rotatable bonds is 8. The average molecular weight is 608 g/mol. The number of nitrogens with one attached hydrogen (secondary N) is 1. The molecule has 1 aliphatic heterocycles. The highest BCUT2D eigenvalue weighted by Crippen LogP contribution is 2.37. The summed E-state index contributed by atoms with van der Waals surface area (Å²) in [4.78, 5) is 12.7. The number of carbonyl (C=O) groups excluding carboxylic acids is 1. The van der Waals surface area contributed by atoms with Crippen LogP contribution in [0.2, 0.25) is 0 Å². The van der Waals surface area contributed by atoms with Crippen molar-refractivity contribution in [3.63, 3.8) is 0 Å². The maximum Gasteiger partial charge on any atom is 0.416 e. The van der Waals surface area contributed by atoms with Gasteiger partial charge in [-0.1, -0.05) is 25.1 Å². The van der Waals surface area contributed by atoms with Gasteiger partial charge in [0.15, 0.2) is 9.84 Å². The Hall–Kier alpha value is -4.09. The summed E-state index contributed by atoms with van der Waals surface area (Å²) in [7, 11) is -7.83. The highest BCUT2D eigenvalue weighted by Gasteiger charge is 2.35. The van der Waals surface area contributed by atoms with Crippen LogP contribution in [0.1, 0.15) is 40.9 Å². The van der Waals surface area contributed by atoms with Crippen LogP contribution in [0.25, 0.3) is 0 Å². The molecule has 14 heteroatoms. The molecule has 216 valence electrons. The maximum atomic E-state index is 13.3. The number of sulfonamides is 1. The number of hydrogen-bond acceptors (Lipinski definition) is 7. The lowest BCUT2D eigenvalue weighted by atomic mass is 10.0. The zero-order valence-corrected chi connectivity index (χ0v) is 23.2. The van der Waals surface area contributed by atoms with Crippen molar-refractivity contribution in [2.24, 2.45) is 0 Å². The summed E-state index contributed by atoms with van der Waals surface area (Å²) in [6, 6.07) is 14.4. The van der Waals surface area contributed by atoms with Crippen LogP contribution >= 0.6 is 0 Å². The second-order valence-electron chi connectivity index (χ2n) is 8.99. The van der Waals surface area contributed by atoms with Crippen molar-refractivity contribution in [3.05, 3.63) is 83.4 Å². The molecule has 0 saturated heterocycles. The van der Waals surface area contributed by atoms with Crippen LogP contribution in [0.4, 0.5) is 18.9 Å². The van der Waals surface area contributed by atoms with Crippen molar-refractivity contribution in [3.8, 4) is 11.8 Å². The van der Waals surface area contributed by atoms with Crippen molar-refractivity contribution in [2.75, 3.05) is 23.2 Å². The molecule has 0 radical (unpaired) electrons. The monoisotopic (exact) mass is 607 g/mol. The second kappa shape index (κ2) is 11.4. The zero-order chi connectivity index (χ0) is 30.0. The van der Waals surface area contributed by atoms with E-state index < -0.39 is 48.4 Å². The molecule has 0 aliphatic carbocycles. The summed E-state index contributed by atoms with van der Waals surface area (Å²) in [5.74, 6) is -0.658. The van der Waals surface area contributed by atoms with Gasteiger partial charge in [0.05, 0.1) is 51.9 Å². The number of amides is 1. The smallest absolute Gasteiger partial charge is 0.416 e. The van der Waals surface area contributed by atoms with Gasteiger partial charge in [0.25, 0.3) is 15.9 Å². The first-order valence-electron chi connectivity index (χ1n) is 12.3. The number of fused-ring (bicyclic) bond motifs is 1. The molecule has 41 heavy (non-hydrogen) atoms. The van der Waals surface area contributed by atoms with Crippen molar-refractivity contribution in [1.29, 1.82) is 5.26 Å². The number of benzene rings is 3. The highest BCUT2D eigenvalue weighted by molar-refractivity contribution is 7.93. The standard InChI is InChI=1S/C27H24F3N3O6S2/c1-2-40(35,36)21-9-6-18(7-10-21)23(12-13-31)32-26(34)19-8-11-24-25(16-19)39-15-14-33(24)41(37,38)22-5-3-4-20(17-22)27(28,29)30/h3-11,16-17,23H,2,12,14-15H2,1H3,(H,32,34)/t23-/m0/s1. The van der Waals surface area contributed by atoms with E-state index in [1.54, 1.807) is 0 Å². The van der Waals surface area contributed by atoms with E-state index in [4.69, 9.17) is 4.74 Å². The van der Waals surface area contributed by atoms with Crippen molar-refractivity contribution < 1.29 is 39.5 Å². The average Bonchev–Trinajstić information content (AvgIpc) is 2.96. The first-order valence-corrected chi connectivity index (χ1v) is 15.3. The number of hydrogen-bond donors (Lipinski definition) is 1. The van der Waals surface area contributed by atoms with Crippen LogP contribution in [0.3, 0.4) is 0 Å². The maximum absolute atomic E-state index is 13.3. The molecule has 1 N–H and O–H groups in total. The second-order valence-corrected chi connectivity index (χ2v) is 13.1. The molecule has 0 bridgehead atoms. The first kappa shape index (κ1) is 29.9. The predicted octanol–water partition coefficient (Wildman–Crippen LogP) is 4.47. The fourth-order valence-corrected chi connectivity index (χ4v) is 6.59. The Morgan fingerprint density at radius 2 is 1.76 bits per heavy atom. The van der Waals surface area contributed by atoms with Crippen molar-refractivity contribution in [1.82, 2.24) is 5.32 Å². The third kappa shape index (κ3) is 6.31. The third-order valence-electron chi connectivity index (χ3n) is 6.41. The van der Waals surface area contributed by atoms with E-state index in [1.165, 1.54) is 49.4 Å². The van der Waals surface area contributed by atoms with Gasteiger partial charge in [-0.25, -0.2) is 16.8 Å². The molecule has 4 rings (SSSR count). The van der Waals surface area contributed by atoms with Crippen LogP contribution in [-0.2, 0) is 26.0 Å². The van der Waals surface area contributed by atoms with E-state index in [0.717, 1.165) is 22.5 Å². The highest BCUT2D eigenvalue weighted by atomic mass is 32.2. The van der Waals surface area contributed by atoms with Crippen LogP contribution < -0.4 is 14.4 Å². The molecular formula is C27H24F3N3O6S2. The fourth-order valence-electron chi connectivity index (χ4n) is 4.20. The molecule has 0 spiro atoms. The van der Waals surface area contributed by atoms with E-state index in [9.17, 15) is 40.1 Å². The number of halogens is 3. The first-order chi connectivity index (χ1) is 19.3. The quantitative estimate of drug-likeness (QED) is 0.399. The Morgan fingerprint density at radius 1 is 1.05 bits per heavy atom. The Kier molecular flexibility index (Phi) is 8.32. The lowest BCUT2D eigenvalue weighted by Crippen LogP contribution is -2.38. The Morgan fingerprint density at radius 3 is 2.39 bits per heavy atom. The van der Waals surface area contributed by atoms with Gasteiger partial charge < -0.3 is 10.1 Å². The molecule has 9 nitrogen and oxygen atoms in total. The third-order valence-corrected chi connectivity index (χ3v) is 9.97. The molecule has 1 aliphatic rings. The minimum Gasteiger partial charge on any atom is -0.489 e. The molecule has 3 aromatic rings. The van der Waals surface area contributed by atoms with E-state index in [1.807, 2.05) is 6.07 Å². The molecule has 0 fully saturated rings. The van der Waals surface area contributed by atoms with Crippen LogP contribution in [0.15, 0.2) is 76.5 Å². The molecule has 0 aromatic heterocycles. The summed E-state index contributed by atoms with van der Waals surface area (Å²) in [6.07, 6.45) is -4.84. The van der Waals surface area contributed by atoms with Gasteiger partial charge in [0.2, 0.25) is 0 Å². The summed E-state index contributed by atoms with van der Waals surface area (Å²) in [5, 5.41) is 12.0. The van der Waals surface area contributed by atoms with Crippen LogP contribution in [0, 0.1) is 11.3 Å². The number of nitriles is 1. The van der Waals surface area contributed by atoms with E-state index in [2.05, 4.69) is 5.32 Å². The number of sulfone groups is 1. The Labute approximate surface area is 235 Å². The number of nitrogens with zero attached hydrogens (tertiary/aromatic N) is 2. The number of anilines is 1. The Balaban J connectivity index is 1.59. The van der Waals surface area contributed by atoms with E-state index in [-0.39, 0.29) is 47.2 Å². The van der Waals surface area contributed by atoms with Gasteiger partial charge in [-0.05, 0) is 54.1 Å². The van der Waals surface area contributed by atoms with Gasteiger partial charge in [-0.3, -0.25) is 9.10 Å². The molecule has 3 aromatic carbocycles. The normalized spacial score (nSPS) is 14.4. The lowest BCUT2D eigenvalue weighted by molar-refractivity contribution is -0.137. The van der Waals surface area contributed by atoms with E-state index >= 15 is 0 Å². The SMILES string of the molecule is CCS(=O)(=O)c1ccc([C@H](CC#N)NC(=O)c2ccc3c(c2)OCCN3S(=O)(=O)c2cccc(C(F)(F)F)c2)cc1. The van der Waals surface area contributed by atoms with E-state index in [0.29, 0.717) is 11.6 Å².